The van der Waals surface area contributed by atoms with Crippen LogP contribution in [-0.2, 0) is 4.79 Å². The molecule has 0 aliphatic carbocycles. The van der Waals surface area contributed by atoms with Crippen LogP contribution >= 0.6 is 11.8 Å². The molecule has 0 spiro atoms. The van der Waals surface area contributed by atoms with Crippen molar-refractivity contribution in [3.63, 3.8) is 0 Å². The number of halogens is 1. The van der Waals surface area contributed by atoms with Gasteiger partial charge in [0, 0.05) is 37.9 Å². The van der Waals surface area contributed by atoms with Crippen LogP contribution in [0.3, 0.4) is 0 Å². The Morgan fingerprint density at radius 3 is 2.33 bits per heavy atom. The number of carbonyl (C=O) groups is 1. The van der Waals surface area contributed by atoms with Gasteiger partial charge >= 0.3 is 0 Å². The summed E-state index contributed by atoms with van der Waals surface area (Å²) >= 11 is 1.38. The maximum Gasteiger partial charge on any atom is 0.230 e. The second-order valence-electron chi connectivity index (χ2n) is 6.69. The van der Waals surface area contributed by atoms with E-state index >= 15 is 0 Å². The summed E-state index contributed by atoms with van der Waals surface area (Å²) in [6, 6.07) is 10.6. The number of thioether (sulfide) groups is 1. The monoisotopic (exact) mass is 389 g/mol. The molecule has 0 atom stereocenters. The van der Waals surface area contributed by atoms with E-state index in [-0.39, 0.29) is 17.8 Å². The van der Waals surface area contributed by atoms with Crippen molar-refractivity contribution in [2.24, 2.45) is 0 Å². The first-order valence-electron chi connectivity index (χ1n) is 9.02. The van der Waals surface area contributed by atoms with E-state index in [4.69, 9.17) is 0 Å². The molecule has 6 nitrogen and oxygen atoms in total. The summed E-state index contributed by atoms with van der Waals surface area (Å²) in [7, 11) is 0. The predicted octanol–water partition coefficient (Wildman–Crippen LogP) is 2.56. The van der Waals surface area contributed by atoms with Crippen LogP contribution in [-0.4, -0.2) is 54.1 Å². The van der Waals surface area contributed by atoms with Crippen molar-refractivity contribution in [1.29, 1.82) is 0 Å². The lowest BCUT2D eigenvalue weighted by Crippen LogP contribution is -2.46. The average Bonchev–Trinajstić information content (AvgIpc) is 2.67. The van der Waals surface area contributed by atoms with Crippen molar-refractivity contribution in [3.05, 3.63) is 42.2 Å². The van der Waals surface area contributed by atoms with E-state index in [0.717, 1.165) is 42.7 Å². The fourth-order valence-electron chi connectivity index (χ4n) is 2.91. The standard InChI is InChI=1S/C19H24FN5OS/c1-14(2)21-18(26)13-27-19-8-7-17(22-23-19)25-11-9-24(10-12-25)16-5-3-15(20)4-6-16/h3-8,14H,9-13H2,1-2H3,(H,21,26). The lowest BCUT2D eigenvalue weighted by Gasteiger charge is -2.36. The number of nitrogens with zero attached hydrogens (tertiary/aromatic N) is 4. The van der Waals surface area contributed by atoms with Crippen LogP contribution in [0.25, 0.3) is 0 Å². The molecular formula is C19H24FN5OS. The van der Waals surface area contributed by atoms with Crippen LogP contribution in [0.15, 0.2) is 41.4 Å². The Morgan fingerprint density at radius 1 is 1.07 bits per heavy atom. The summed E-state index contributed by atoms with van der Waals surface area (Å²) < 4.78 is 13.1. The Balaban J connectivity index is 1.50. The van der Waals surface area contributed by atoms with Crippen LogP contribution < -0.4 is 15.1 Å². The van der Waals surface area contributed by atoms with Crippen LogP contribution in [0.2, 0.25) is 0 Å². The zero-order chi connectivity index (χ0) is 19.2. The molecule has 1 aliphatic rings. The van der Waals surface area contributed by atoms with Crippen LogP contribution in [0.4, 0.5) is 15.9 Å². The first-order chi connectivity index (χ1) is 13.0. The molecule has 1 fully saturated rings. The highest BCUT2D eigenvalue weighted by atomic mass is 32.2. The van der Waals surface area contributed by atoms with Gasteiger partial charge in [0.2, 0.25) is 5.91 Å². The topological polar surface area (TPSA) is 61.4 Å². The quantitative estimate of drug-likeness (QED) is 0.767. The summed E-state index contributed by atoms with van der Waals surface area (Å²) in [6.45, 7) is 7.23. The van der Waals surface area contributed by atoms with Crippen molar-refractivity contribution < 1.29 is 9.18 Å². The van der Waals surface area contributed by atoms with Gasteiger partial charge in [-0.3, -0.25) is 4.79 Å². The van der Waals surface area contributed by atoms with E-state index < -0.39 is 0 Å². The second-order valence-corrected chi connectivity index (χ2v) is 7.69. The third-order valence-electron chi connectivity index (χ3n) is 4.22. The third kappa shape index (κ3) is 5.56. The van der Waals surface area contributed by atoms with Crippen molar-refractivity contribution in [1.82, 2.24) is 15.5 Å². The largest absolute Gasteiger partial charge is 0.368 e. The molecule has 8 heteroatoms. The molecule has 27 heavy (non-hydrogen) atoms. The van der Waals surface area contributed by atoms with Gasteiger partial charge in [0.05, 0.1) is 5.75 Å². The first-order valence-corrected chi connectivity index (χ1v) is 10.0. The van der Waals surface area contributed by atoms with E-state index in [1.807, 2.05) is 38.1 Å². The van der Waals surface area contributed by atoms with Crippen LogP contribution in [0.1, 0.15) is 13.8 Å². The zero-order valence-corrected chi connectivity index (χ0v) is 16.4. The molecule has 144 valence electrons. The van der Waals surface area contributed by atoms with E-state index in [1.165, 1.54) is 23.9 Å². The Labute approximate surface area is 163 Å². The zero-order valence-electron chi connectivity index (χ0n) is 15.6. The Bertz CT molecular complexity index is 746. The fourth-order valence-corrected chi connectivity index (χ4v) is 3.53. The summed E-state index contributed by atoms with van der Waals surface area (Å²) in [5.41, 5.74) is 1.04. The molecule has 1 aliphatic heterocycles. The molecule has 0 saturated carbocycles. The highest BCUT2D eigenvalue weighted by Gasteiger charge is 2.19. The number of hydrogen-bond acceptors (Lipinski definition) is 6. The number of aromatic nitrogens is 2. The normalized spacial score (nSPS) is 14.5. The van der Waals surface area contributed by atoms with Gasteiger partial charge < -0.3 is 15.1 Å². The summed E-state index contributed by atoms with van der Waals surface area (Å²) in [6.07, 6.45) is 0. The minimum Gasteiger partial charge on any atom is -0.368 e. The molecule has 0 radical (unpaired) electrons. The maximum absolute atomic E-state index is 13.1. The van der Waals surface area contributed by atoms with Gasteiger partial charge in [0.15, 0.2) is 5.82 Å². The molecule has 2 aromatic rings. The van der Waals surface area contributed by atoms with E-state index in [1.54, 1.807) is 0 Å². The van der Waals surface area contributed by atoms with Gasteiger partial charge in [0.25, 0.3) is 0 Å². The predicted molar refractivity (Wildman–Crippen MR) is 107 cm³/mol. The van der Waals surface area contributed by atoms with Crippen molar-refractivity contribution in [2.75, 3.05) is 41.7 Å². The second kappa shape index (κ2) is 9.03. The summed E-state index contributed by atoms with van der Waals surface area (Å²) in [5, 5.41) is 12.1. The van der Waals surface area contributed by atoms with E-state index in [2.05, 4.69) is 25.3 Å². The molecule has 2 heterocycles. The molecule has 3 rings (SSSR count). The minimum absolute atomic E-state index is 0.00204. The van der Waals surface area contributed by atoms with E-state index in [0.29, 0.717) is 5.75 Å². The van der Waals surface area contributed by atoms with Gasteiger partial charge in [0.1, 0.15) is 10.8 Å². The number of benzene rings is 1. The van der Waals surface area contributed by atoms with Gasteiger partial charge in [-0.15, -0.1) is 10.2 Å². The molecule has 1 N–H and O–H groups in total. The SMILES string of the molecule is CC(C)NC(=O)CSc1ccc(N2CCN(c3ccc(F)cc3)CC2)nn1. The Kier molecular flexibility index (Phi) is 6.49. The molecular weight excluding hydrogens is 365 g/mol. The number of amides is 1. The lowest BCUT2D eigenvalue weighted by atomic mass is 10.2. The third-order valence-corrected chi connectivity index (χ3v) is 5.14. The van der Waals surface area contributed by atoms with Crippen LogP contribution in [0.5, 0.6) is 0 Å². The van der Waals surface area contributed by atoms with Gasteiger partial charge in [-0.25, -0.2) is 4.39 Å². The van der Waals surface area contributed by atoms with Gasteiger partial charge in [-0.2, -0.15) is 0 Å². The lowest BCUT2D eigenvalue weighted by molar-refractivity contribution is -0.119. The summed E-state index contributed by atoms with van der Waals surface area (Å²) in [4.78, 5) is 16.1. The number of hydrogen-bond donors (Lipinski definition) is 1. The highest BCUT2D eigenvalue weighted by Crippen LogP contribution is 2.21. The van der Waals surface area contributed by atoms with E-state index in [9.17, 15) is 9.18 Å². The number of nitrogens with one attached hydrogen (secondary N) is 1. The van der Waals surface area contributed by atoms with Crippen molar-refractivity contribution in [2.45, 2.75) is 24.9 Å². The number of rotatable bonds is 6. The molecule has 0 unspecified atom stereocenters. The molecule has 0 bridgehead atoms. The number of carbonyl (C=O) groups excluding carboxylic acids is 1. The van der Waals surface area contributed by atoms with Crippen molar-refractivity contribution in [3.8, 4) is 0 Å². The molecule has 1 saturated heterocycles. The first kappa shape index (κ1) is 19.4. The van der Waals surface area contributed by atoms with Gasteiger partial charge in [-0.05, 0) is 50.2 Å². The Hall–Kier alpha value is -2.35. The molecule has 1 amide bonds. The minimum atomic E-state index is -0.215. The molecule has 1 aromatic heterocycles. The summed E-state index contributed by atoms with van der Waals surface area (Å²) in [5.74, 6) is 0.956. The van der Waals surface area contributed by atoms with Gasteiger partial charge in [-0.1, -0.05) is 11.8 Å². The number of piperazine rings is 1. The Morgan fingerprint density at radius 2 is 1.74 bits per heavy atom. The highest BCUT2D eigenvalue weighted by molar-refractivity contribution is 7.99. The smallest absolute Gasteiger partial charge is 0.230 e. The fraction of sp³-hybridized carbons (Fsp3) is 0.421. The average molecular weight is 390 g/mol. The maximum atomic E-state index is 13.1. The van der Waals surface area contributed by atoms with Crippen molar-refractivity contribution >= 4 is 29.2 Å². The molecule has 1 aromatic carbocycles. The number of anilines is 2. The van der Waals surface area contributed by atoms with Crippen LogP contribution in [0, 0.1) is 5.82 Å².